The van der Waals surface area contributed by atoms with E-state index in [2.05, 4.69) is 15.3 Å². The molecular formula is C19H13ClFN3S. The highest BCUT2D eigenvalue weighted by Crippen LogP contribution is 2.41. The molecule has 3 nitrogen and oxygen atoms in total. The number of thiophene rings is 1. The average Bonchev–Trinajstić information content (AvgIpc) is 2.92. The first-order valence-corrected chi connectivity index (χ1v) is 8.86. The second-order valence-corrected chi connectivity index (χ2v) is 7.09. The molecule has 124 valence electrons. The summed E-state index contributed by atoms with van der Waals surface area (Å²) in [7, 11) is 0. The van der Waals surface area contributed by atoms with E-state index in [-0.39, 0.29) is 11.1 Å². The number of benzene rings is 2. The Hall–Kier alpha value is -2.50. The lowest BCUT2D eigenvalue weighted by Crippen LogP contribution is -1.96. The standard InChI is InChI=1S/C19H13ClFN3S/c1-11-15(12-7-9-13(21)10-8-12)16-17(22-14-5-3-2-4-6-14)23-19(20)24-18(16)25-11/h2-10H,1H3,(H,22,23,24). The Kier molecular flexibility index (Phi) is 4.11. The molecule has 0 fully saturated rings. The second-order valence-electron chi connectivity index (χ2n) is 5.55. The van der Waals surface area contributed by atoms with E-state index in [1.165, 1.54) is 12.1 Å². The van der Waals surface area contributed by atoms with E-state index in [0.29, 0.717) is 5.82 Å². The van der Waals surface area contributed by atoms with Gasteiger partial charge in [0.05, 0.1) is 5.39 Å². The van der Waals surface area contributed by atoms with Crippen LogP contribution in [-0.2, 0) is 0 Å². The van der Waals surface area contributed by atoms with E-state index in [0.717, 1.165) is 31.9 Å². The minimum absolute atomic E-state index is 0.192. The summed E-state index contributed by atoms with van der Waals surface area (Å²) in [4.78, 5) is 10.6. The van der Waals surface area contributed by atoms with Gasteiger partial charge in [0.15, 0.2) is 0 Å². The fraction of sp³-hybridized carbons (Fsp3) is 0.0526. The summed E-state index contributed by atoms with van der Waals surface area (Å²) >= 11 is 7.66. The monoisotopic (exact) mass is 369 g/mol. The van der Waals surface area contributed by atoms with Crippen molar-refractivity contribution >= 4 is 44.7 Å². The Bertz CT molecular complexity index is 1050. The number of hydrogen-bond donors (Lipinski definition) is 1. The van der Waals surface area contributed by atoms with E-state index in [1.54, 1.807) is 23.5 Å². The highest BCUT2D eigenvalue weighted by Gasteiger charge is 2.18. The predicted octanol–water partition coefficient (Wildman–Crippen LogP) is 6.20. The van der Waals surface area contributed by atoms with Crippen LogP contribution in [0.25, 0.3) is 21.3 Å². The number of para-hydroxylation sites is 1. The summed E-state index contributed by atoms with van der Waals surface area (Å²) in [5.74, 6) is 0.382. The maximum atomic E-state index is 13.3. The Morgan fingerprint density at radius 1 is 1.00 bits per heavy atom. The number of aromatic nitrogens is 2. The van der Waals surface area contributed by atoms with Crippen LogP contribution in [0, 0.1) is 12.7 Å². The van der Waals surface area contributed by atoms with Gasteiger partial charge in [0.25, 0.3) is 0 Å². The summed E-state index contributed by atoms with van der Waals surface area (Å²) in [6, 6.07) is 16.2. The number of aryl methyl sites for hydroxylation is 1. The van der Waals surface area contributed by atoms with E-state index < -0.39 is 0 Å². The summed E-state index contributed by atoms with van der Waals surface area (Å²) in [6.45, 7) is 2.02. The second kappa shape index (κ2) is 6.43. The van der Waals surface area contributed by atoms with Crippen LogP contribution >= 0.6 is 22.9 Å². The molecule has 25 heavy (non-hydrogen) atoms. The third kappa shape index (κ3) is 3.08. The fourth-order valence-electron chi connectivity index (χ4n) is 2.80. The molecule has 2 heterocycles. The average molecular weight is 370 g/mol. The van der Waals surface area contributed by atoms with Crippen LogP contribution in [0.15, 0.2) is 54.6 Å². The molecule has 4 rings (SSSR count). The number of anilines is 2. The molecule has 2 aromatic heterocycles. The Morgan fingerprint density at radius 2 is 1.72 bits per heavy atom. The molecule has 2 aromatic carbocycles. The van der Waals surface area contributed by atoms with Crippen LogP contribution < -0.4 is 5.32 Å². The zero-order valence-electron chi connectivity index (χ0n) is 13.3. The fourth-order valence-corrected chi connectivity index (χ4v) is 4.06. The molecule has 0 spiro atoms. The van der Waals surface area contributed by atoms with Crippen molar-refractivity contribution in [1.29, 1.82) is 0 Å². The number of halogens is 2. The summed E-state index contributed by atoms with van der Waals surface area (Å²) in [6.07, 6.45) is 0. The van der Waals surface area contributed by atoms with Crippen LogP contribution in [0.5, 0.6) is 0 Å². The third-order valence-corrected chi connectivity index (χ3v) is 5.04. The topological polar surface area (TPSA) is 37.8 Å². The van der Waals surface area contributed by atoms with Gasteiger partial charge in [0.2, 0.25) is 5.28 Å². The van der Waals surface area contributed by atoms with E-state index in [1.807, 2.05) is 37.3 Å². The van der Waals surface area contributed by atoms with Crippen molar-refractivity contribution in [3.05, 3.63) is 70.6 Å². The first-order valence-electron chi connectivity index (χ1n) is 7.66. The molecular weight excluding hydrogens is 357 g/mol. The highest BCUT2D eigenvalue weighted by molar-refractivity contribution is 7.19. The molecule has 6 heteroatoms. The molecule has 4 aromatic rings. The zero-order valence-corrected chi connectivity index (χ0v) is 14.8. The van der Waals surface area contributed by atoms with Crippen LogP contribution in [0.1, 0.15) is 4.88 Å². The maximum Gasteiger partial charge on any atom is 0.225 e. The molecule has 0 amide bonds. The number of rotatable bonds is 3. The van der Waals surface area contributed by atoms with Crippen molar-refractivity contribution in [3.63, 3.8) is 0 Å². The van der Waals surface area contributed by atoms with Crippen LogP contribution in [-0.4, -0.2) is 9.97 Å². The van der Waals surface area contributed by atoms with Crippen molar-refractivity contribution in [2.45, 2.75) is 6.92 Å². The third-order valence-electron chi connectivity index (χ3n) is 3.87. The first kappa shape index (κ1) is 16.0. The van der Waals surface area contributed by atoms with Gasteiger partial charge in [-0.25, -0.2) is 9.37 Å². The van der Waals surface area contributed by atoms with E-state index >= 15 is 0 Å². The zero-order chi connectivity index (χ0) is 17.4. The minimum Gasteiger partial charge on any atom is -0.340 e. The van der Waals surface area contributed by atoms with Crippen LogP contribution in [0.3, 0.4) is 0 Å². The van der Waals surface area contributed by atoms with E-state index in [9.17, 15) is 4.39 Å². The number of nitrogens with one attached hydrogen (secondary N) is 1. The summed E-state index contributed by atoms with van der Waals surface area (Å²) in [5, 5.41) is 4.40. The van der Waals surface area contributed by atoms with Crippen molar-refractivity contribution in [3.8, 4) is 11.1 Å². The summed E-state index contributed by atoms with van der Waals surface area (Å²) < 4.78 is 13.3. The molecule has 0 radical (unpaired) electrons. The minimum atomic E-state index is -0.261. The normalized spacial score (nSPS) is 11.0. The van der Waals surface area contributed by atoms with Crippen molar-refractivity contribution in [2.24, 2.45) is 0 Å². The maximum absolute atomic E-state index is 13.3. The SMILES string of the molecule is Cc1sc2nc(Cl)nc(Nc3ccccc3)c2c1-c1ccc(F)cc1. The van der Waals surface area contributed by atoms with Gasteiger partial charge >= 0.3 is 0 Å². The van der Waals surface area contributed by atoms with Gasteiger partial charge in [-0.05, 0) is 48.4 Å². The Labute approximate surface area is 153 Å². The quantitative estimate of drug-likeness (QED) is 0.437. The molecule has 0 bridgehead atoms. The first-order chi connectivity index (χ1) is 12.1. The largest absolute Gasteiger partial charge is 0.340 e. The molecule has 0 atom stereocenters. The van der Waals surface area contributed by atoms with Crippen molar-refractivity contribution in [2.75, 3.05) is 5.32 Å². The van der Waals surface area contributed by atoms with Gasteiger partial charge in [-0.1, -0.05) is 30.3 Å². The lowest BCUT2D eigenvalue weighted by molar-refractivity contribution is 0.628. The van der Waals surface area contributed by atoms with Gasteiger partial charge in [-0.2, -0.15) is 4.98 Å². The number of hydrogen-bond acceptors (Lipinski definition) is 4. The van der Waals surface area contributed by atoms with Crippen LogP contribution in [0.4, 0.5) is 15.9 Å². The molecule has 0 aliphatic carbocycles. The van der Waals surface area contributed by atoms with Gasteiger partial charge < -0.3 is 5.32 Å². The van der Waals surface area contributed by atoms with Gasteiger partial charge in [-0.3, -0.25) is 0 Å². The Morgan fingerprint density at radius 3 is 2.44 bits per heavy atom. The van der Waals surface area contributed by atoms with Gasteiger partial charge in [0.1, 0.15) is 16.5 Å². The highest BCUT2D eigenvalue weighted by atomic mass is 35.5. The Balaban J connectivity index is 1.94. The predicted molar refractivity (Wildman–Crippen MR) is 102 cm³/mol. The number of fused-ring (bicyclic) bond motifs is 1. The van der Waals surface area contributed by atoms with Crippen molar-refractivity contribution < 1.29 is 4.39 Å². The molecule has 0 saturated heterocycles. The van der Waals surface area contributed by atoms with Gasteiger partial charge in [-0.15, -0.1) is 11.3 Å². The lowest BCUT2D eigenvalue weighted by atomic mass is 10.0. The molecule has 0 aliphatic heterocycles. The molecule has 0 aliphatic rings. The number of nitrogens with zero attached hydrogens (tertiary/aromatic N) is 2. The molecule has 0 saturated carbocycles. The molecule has 1 N–H and O–H groups in total. The van der Waals surface area contributed by atoms with E-state index in [4.69, 9.17) is 11.6 Å². The summed E-state index contributed by atoms with van der Waals surface area (Å²) in [5.41, 5.74) is 2.83. The smallest absolute Gasteiger partial charge is 0.225 e. The van der Waals surface area contributed by atoms with Gasteiger partial charge in [0, 0.05) is 16.1 Å². The van der Waals surface area contributed by atoms with Crippen molar-refractivity contribution in [1.82, 2.24) is 9.97 Å². The lowest BCUT2D eigenvalue weighted by Gasteiger charge is -2.09. The molecule has 0 unspecified atom stereocenters. The van der Waals surface area contributed by atoms with Crippen LogP contribution in [0.2, 0.25) is 5.28 Å².